The second-order valence-electron chi connectivity index (χ2n) is 6.12. The first-order valence-electron chi connectivity index (χ1n) is 8.17. The molecule has 1 unspecified atom stereocenters. The van der Waals surface area contributed by atoms with Crippen LogP contribution in [-0.4, -0.2) is 53.0 Å². The lowest BCUT2D eigenvalue weighted by Crippen LogP contribution is -2.45. The molecule has 1 aliphatic rings. The Balaban J connectivity index is 1.59. The summed E-state index contributed by atoms with van der Waals surface area (Å²) in [6, 6.07) is 2.17. The number of rotatable bonds is 7. The zero-order valence-electron chi connectivity index (χ0n) is 13.6. The fraction of sp³-hybridized carbons (Fsp3) is 0.688. The third-order valence-electron chi connectivity index (χ3n) is 4.24. The molecule has 1 aliphatic heterocycles. The van der Waals surface area contributed by atoms with Crippen LogP contribution in [0.4, 0.5) is 5.95 Å². The van der Waals surface area contributed by atoms with Gasteiger partial charge in [0.05, 0.1) is 0 Å². The number of piperidine rings is 1. The van der Waals surface area contributed by atoms with Crippen molar-refractivity contribution < 1.29 is 4.79 Å². The van der Waals surface area contributed by atoms with Crippen LogP contribution >= 0.6 is 0 Å². The molecular weight excluding hydrogens is 278 g/mol. The van der Waals surface area contributed by atoms with Gasteiger partial charge in [-0.2, -0.15) is 0 Å². The zero-order valence-corrected chi connectivity index (χ0v) is 13.6. The first-order chi connectivity index (χ1) is 10.6. The van der Waals surface area contributed by atoms with Gasteiger partial charge >= 0.3 is 0 Å². The summed E-state index contributed by atoms with van der Waals surface area (Å²) < 4.78 is 0. The second-order valence-corrected chi connectivity index (χ2v) is 6.12. The summed E-state index contributed by atoms with van der Waals surface area (Å²) in [7, 11) is 0. The van der Waals surface area contributed by atoms with Crippen molar-refractivity contribution >= 4 is 11.9 Å². The number of carbonyl (C=O) groups excluding carboxylic acids is 1. The van der Waals surface area contributed by atoms with Gasteiger partial charge in [-0.3, -0.25) is 9.69 Å². The summed E-state index contributed by atoms with van der Waals surface area (Å²) in [5.74, 6) is 1.47. The minimum Gasteiger partial charge on any atom is -0.354 e. The van der Waals surface area contributed by atoms with Crippen LogP contribution in [-0.2, 0) is 4.79 Å². The predicted octanol–water partition coefficient (Wildman–Crippen LogP) is 1.52. The Labute approximate surface area is 132 Å². The molecule has 1 saturated heterocycles. The summed E-state index contributed by atoms with van der Waals surface area (Å²) in [4.78, 5) is 22.4. The van der Waals surface area contributed by atoms with Gasteiger partial charge < -0.3 is 10.6 Å². The Morgan fingerprint density at radius 1 is 1.36 bits per heavy atom. The fourth-order valence-corrected chi connectivity index (χ4v) is 2.63. The first-order valence-corrected chi connectivity index (χ1v) is 8.17. The second kappa shape index (κ2) is 8.68. The Kier molecular flexibility index (Phi) is 6.58. The van der Waals surface area contributed by atoms with Crippen LogP contribution in [0.1, 0.15) is 33.1 Å². The van der Waals surface area contributed by atoms with E-state index in [0.717, 1.165) is 25.6 Å². The molecule has 1 amide bonds. The predicted molar refractivity (Wildman–Crippen MR) is 87.6 cm³/mol. The molecule has 2 rings (SSSR count). The van der Waals surface area contributed by atoms with E-state index in [4.69, 9.17) is 0 Å². The van der Waals surface area contributed by atoms with Gasteiger partial charge in [0, 0.05) is 37.9 Å². The van der Waals surface area contributed by atoms with Gasteiger partial charge in [-0.05, 0) is 44.8 Å². The maximum Gasteiger partial charge on any atom is 0.222 e. The number of likely N-dealkylation sites (tertiary alicyclic amines) is 1. The van der Waals surface area contributed by atoms with Crippen LogP contribution in [0.3, 0.4) is 0 Å². The highest BCUT2D eigenvalue weighted by Crippen LogP contribution is 2.17. The maximum absolute atomic E-state index is 11.9. The van der Waals surface area contributed by atoms with Crippen LogP contribution in [0.15, 0.2) is 18.5 Å². The van der Waals surface area contributed by atoms with Gasteiger partial charge in [0.1, 0.15) is 0 Å². The molecule has 1 aromatic rings. The van der Waals surface area contributed by atoms with Gasteiger partial charge in [-0.15, -0.1) is 0 Å². The highest BCUT2D eigenvalue weighted by molar-refractivity contribution is 5.76. The molecule has 1 fully saturated rings. The van der Waals surface area contributed by atoms with Gasteiger partial charge in [0.2, 0.25) is 11.9 Å². The van der Waals surface area contributed by atoms with Crippen molar-refractivity contribution in [3.8, 4) is 0 Å². The van der Waals surface area contributed by atoms with E-state index in [0.29, 0.717) is 25.0 Å². The number of hydrogen-bond donors (Lipinski definition) is 2. The Bertz CT molecular complexity index is 445. The largest absolute Gasteiger partial charge is 0.354 e. The standard InChI is InChI=1S/C16H27N5O/c1-13-5-10-21(11-6-13)14(2)12-20-15(22)4-9-19-16-17-7-3-8-18-16/h3,7-8,13-14H,4-6,9-12H2,1-2H3,(H,20,22)(H,17,18,19). The molecule has 2 heterocycles. The van der Waals surface area contributed by atoms with E-state index in [-0.39, 0.29) is 5.91 Å². The normalized spacial score (nSPS) is 17.9. The highest BCUT2D eigenvalue weighted by Gasteiger charge is 2.20. The molecule has 6 heteroatoms. The molecule has 0 aliphatic carbocycles. The molecule has 1 atom stereocenters. The van der Waals surface area contributed by atoms with Gasteiger partial charge in [-0.1, -0.05) is 6.92 Å². The number of carbonyl (C=O) groups is 1. The molecule has 0 aromatic carbocycles. The molecule has 0 radical (unpaired) electrons. The number of nitrogens with one attached hydrogen (secondary N) is 2. The Hall–Kier alpha value is -1.69. The van der Waals surface area contributed by atoms with Crippen molar-refractivity contribution in [1.82, 2.24) is 20.2 Å². The van der Waals surface area contributed by atoms with Crippen LogP contribution in [0.2, 0.25) is 0 Å². The summed E-state index contributed by atoms with van der Waals surface area (Å²) in [6.45, 7) is 8.05. The van der Waals surface area contributed by atoms with Crippen molar-refractivity contribution in [2.45, 2.75) is 39.2 Å². The topological polar surface area (TPSA) is 70.2 Å². The van der Waals surface area contributed by atoms with Crippen molar-refractivity contribution in [2.75, 3.05) is 31.5 Å². The van der Waals surface area contributed by atoms with Crippen molar-refractivity contribution in [3.63, 3.8) is 0 Å². The molecule has 22 heavy (non-hydrogen) atoms. The Morgan fingerprint density at radius 2 is 2.05 bits per heavy atom. The van der Waals surface area contributed by atoms with E-state index >= 15 is 0 Å². The van der Waals surface area contributed by atoms with Crippen LogP contribution in [0.5, 0.6) is 0 Å². The van der Waals surface area contributed by atoms with E-state index in [1.807, 2.05) is 0 Å². The lowest BCUT2D eigenvalue weighted by molar-refractivity contribution is -0.121. The minimum atomic E-state index is 0.0701. The summed E-state index contributed by atoms with van der Waals surface area (Å²) in [6.07, 6.45) is 6.31. The SMILES string of the molecule is CC1CCN(C(C)CNC(=O)CCNc2ncccn2)CC1. The molecular formula is C16H27N5O. The maximum atomic E-state index is 11.9. The molecule has 1 aromatic heterocycles. The van der Waals surface area contributed by atoms with Crippen LogP contribution in [0.25, 0.3) is 0 Å². The molecule has 6 nitrogen and oxygen atoms in total. The van der Waals surface area contributed by atoms with E-state index in [2.05, 4.69) is 39.3 Å². The Morgan fingerprint density at radius 3 is 2.73 bits per heavy atom. The summed E-state index contributed by atoms with van der Waals surface area (Å²) >= 11 is 0. The van der Waals surface area contributed by atoms with E-state index in [1.165, 1.54) is 12.8 Å². The fourth-order valence-electron chi connectivity index (χ4n) is 2.63. The number of hydrogen-bond acceptors (Lipinski definition) is 5. The van der Waals surface area contributed by atoms with E-state index in [9.17, 15) is 4.79 Å². The van der Waals surface area contributed by atoms with Gasteiger partial charge in [-0.25, -0.2) is 9.97 Å². The average molecular weight is 305 g/mol. The lowest BCUT2D eigenvalue weighted by atomic mass is 9.98. The van der Waals surface area contributed by atoms with Crippen molar-refractivity contribution in [1.29, 1.82) is 0 Å². The van der Waals surface area contributed by atoms with Gasteiger partial charge in [0.15, 0.2) is 0 Å². The number of anilines is 1. The van der Waals surface area contributed by atoms with E-state index in [1.54, 1.807) is 18.5 Å². The molecule has 0 saturated carbocycles. The number of amides is 1. The molecule has 122 valence electrons. The smallest absolute Gasteiger partial charge is 0.222 e. The quantitative estimate of drug-likeness (QED) is 0.799. The van der Waals surface area contributed by atoms with Crippen molar-refractivity contribution in [2.24, 2.45) is 5.92 Å². The molecule has 0 bridgehead atoms. The van der Waals surface area contributed by atoms with Crippen LogP contribution < -0.4 is 10.6 Å². The van der Waals surface area contributed by atoms with Crippen LogP contribution in [0, 0.1) is 5.92 Å². The summed E-state index contributed by atoms with van der Waals surface area (Å²) in [5.41, 5.74) is 0. The zero-order chi connectivity index (χ0) is 15.8. The third-order valence-corrected chi connectivity index (χ3v) is 4.24. The lowest BCUT2D eigenvalue weighted by Gasteiger charge is -2.35. The summed E-state index contributed by atoms with van der Waals surface area (Å²) in [5, 5.41) is 6.05. The van der Waals surface area contributed by atoms with E-state index < -0.39 is 0 Å². The monoisotopic (exact) mass is 305 g/mol. The molecule has 0 spiro atoms. The third kappa shape index (κ3) is 5.60. The first kappa shape index (κ1) is 16.7. The number of nitrogens with zero attached hydrogens (tertiary/aromatic N) is 3. The highest BCUT2D eigenvalue weighted by atomic mass is 16.1. The van der Waals surface area contributed by atoms with Gasteiger partial charge in [0.25, 0.3) is 0 Å². The average Bonchev–Trinajstić information content (AvgIpc) is 2.54. The molecule has 2 N–H and O–H groups in total. The number of aromatic nitrogens is 2. The van der Waals surface area contributed by atoms with Crippen molar-refractivity contribution in [3.05, 3.63) is 18.5 Å². The minimum absolute atomic E-state index is 0.0701.